The molecule has 4 rings (SSSR count). The molecule has 0 bridgehead atoms. The number of carbonyl (C=O) groups is 1. The number of aryl methyl sites for hydroxylation is 1. The van der Waals surface area contributed by atoms with Crippen LogP contribution >= 0.6 is 0 Å². The molecule has 2 aromatic heterocycles. The highest BCUT2D eigenvalue weighted by Crippen LogP contribution is 2.40. The first kappa shape index (κ1) is 20.0. The molecule has 3 heterocycles. The Kier molecular flexibility index (Phi) is 5.44. The third-order valence-corrected chi connectivity index (χ3v) is 7.65. The average Bonchev–Trinajstić information content (AvgIpc) is 3.44. The number of carbonyl (C=O) groups excluding carboxylic acids is 1. The number of piperidine rings is 1. The number of nitrogens with one attached hydrogen (secondary N) is 1. The lowest BCUT2D eigenvalue weighted by molar-refractivity contribution is 0.0905. The Bertz CT molecular complexity index is 982. The van der Waals surface area contributed by atoms with Crippen molar-refractivity contribution in [3.63, 3.8) is 0 Å². The Morgan fingerprint density at radius 1 is 1.31 bits per heavy atom. The Balaban J connectivity index is 1.38. The fourth-order valence-corrected chi connectivity index (χ4v) is 5.37. The van der Waals surface area contributed by atoms with Crippen LogP contribution in [0, 0.1) is 0 Å². The van der Waals surface area contributed by atoms with Crippen LogP contribution in [0.2, 0.25) is 0 Å². The predicted molar refractivity (Wildman–Crippen MR) is 106 cm³/mol. The van der Waals surface area contributed by atoms with Crippen LogP contribution in [0.3, 0.4) is 0 Å². The van der Waals surface area contributed by atoms with E-state index >= 15 is 0 Å². The van der Waals surface area contributed by atoms with E-state index in [9.17, 15) is 13.2 Å². The van der Waals surface area contributed by atoms with E-state index in [0.717, 1.165) is 30.7 Å². The van der Waals surface area contributed by atoms with Gasteiger partial charge in [-0.15, -0.1) is 0 Å². The number of aromatic nitrogens is 2. The van der Waals surface area contributed by atoms with Gasteiger partial charge in [-0.3, -0.25) is 9.78 Å². The Hall–Kier alpha value is -2.26. The zero-order valence-electron chi connectivity index (χ0n) is 16.7. The van der Waals surface area contributed by atoms with Gasteiger partial charge in [-0.1, -0.05) is 12.1 Å². The van der Waals surface area contributed by atoms with Gasteiger partial charge in [-0.25, -0.2) is 8.42 Å². The highest BCUT2D eigenvalue weighted by molar-refractivity contribution is 7.89. The summed E-state index contributed by atoms with van der Waals surface area (Å²) in [7, 11) is -3.61. The third-order valence-electron chi connectivity index (χ3n) is 5.66. The van der Waals surface area contributed by atoms with Crippen LogP contribution in [0.5, 0.6) is 0 Å². The van der Waals surface area contributed by atoms with Gasteiger partial charge in [0.1, 0.15) is 10.7 Å². The Morgan fingerprint density at radius 2 is 2.10 bits per heavy atom. The molecule has 0 unspecified atom stereocenters. The lowest BCUT2D eigenvalue weighted by Crippen LogP contribution is -2.50. The maximum atomic E-state index is 13.0. The van der Waals surface area contributed by atoms with E-state index in [4.69, 9.17) is 4.52 Å². The standard InChI is InChI=1S/C20H26N4O4S/c1-3-15-6-7-17(12-21-15)29(26,27)24-9-8-16(10-13(24)2)22-20(25)18-11-19(28-23-18)14-4-5-14/h6-7,11-14,16H,3-5,8-10H2,1-2H3,(H,22,25)/t13-,16+/m1/s1. The van der Waals surface area contributed by atoms with Crippen LogP contribution in [-0.4, -0.2) is 47.4 Å². The second-order valence-electron chi connectivity index (χ2n) is 7.89. The smallest absolute Gasteiger partial charge is 0.273 e. The highest BCUT2D eigenvalue weighted by atomic mass is 32.2. The maximum absolute atomic E-state index is 13.0. The quantitative estimate of drug-likeness (QED) is 0.773. The van der Waals surface area contributed by atoms with Crippen molar-refractivity contribution in [2.45, 2.75) is 68.8 Å². The monoisotopic (exact) mass is 418 g/mol. The van der Waals surface area contributed by atoms with Gasteiger partial charge in [-0.05, 0) is 51.2 Å². The molecule has 29 heavy (non-hydrogen) atoms. The molecule has 1 aliphatic carbocycles. The minimum atomic E-state index is -3.61. The van der Waals surface area contributed by atoms with Crippen LogP contribution in [0.1, 0.15) is 67.4 Å². The molecule has 1 saturated carbocycles. The summed E-state index contributed by atoms with van der Waals surface area (Å²) in [5.41, 5.74) is 1.15. The first-order valence-corrected chi connectivity index (χ1v) is 11.6. The number of amides is 1. The number of hydrogen-bond donors (Lipinski definition) is 1. The maximum Gasteiger partial charge on any atom is 0.273 e. The summed E-state index contributed by atoms with van der Waals surface area (Å²) < 4.78 is 32.7. The number of hydrogen-bond acceptors (Lipinski definition) is 6. The largest absolute Gasteiger partial charge is 0.360 e. The molecule has 0 aromatic carbocycles. The van der Waals surface area contributed by atoms with Crippen LogP contribution < -0.4 is 5.32 Å². The van der Waals surface area contributed by atoms with Crippen molar-refractivity contribution in [2.75, 3.05) is 6.54 Å². The second-order valence-corrected chi connectivity index (χ2v) is 9.78. The summed E-state index contributed by atoms with van der Waals surface area (Å²) in [6, 6.07) is 4.74. The van der Waals surface area contributed by atoms with Gasteiger partial charge < -0.3 is 9.84 Å². The van der Waals surface area contributed by atoms with Gasteiger partial charge in [0.2, 0.25) is 10.0 Å². The molecule has 2 aliphatic rings. The first-order chi connectivity index (χ1) is 13.9. The molecule has 2 aromatic rings. The van der Waals surface area contributed by atoms with Gasteiger partial charge in [0, 0.05) is 42.5 Å². The van der Waals surface area contributed by atoms with Crippen LogP contribution in [0.4, 0.5) is 0 Å². The van der Waals surface area contributed by atoms with E-state index < -0.39 is 10.0 Å². The minimum absolute atomic E-state index is 0.106. The highest BCUT2D eigenvalue weighted by Gasteiger charge is 2.36. The van der Waals surface area contributed by atoms with Gasteiger partial charge in [-0.2, -0.15) is 4.31 Å². The summed E-state index contributed by atoms with van der Waals surface area (Å²) in [6.07, 6.45) is 5.43. The van der Waals surface area contributed by atoms with Crippen molar-refractivity contribution in [3.8, 4) is 0 Å². The van der Waals surface area contributed by atoms with Gasteiger partial charge >= 0.3 is 0 Å². The van der Waals surface area contributed by atoms with Crippen molar-refractivity contribution >= 4 is 15.9 Å². The van der Waals surface area contributed by atoms with E-state index in [2.05, 4.69) is 15.5 Å². The molecule has 2 fully saturated rings. The van der Waals surface area contributed by atoms with E-state index in [-0.39, 0.29) is 28.6 Å². The SMILES string of the molecule is CCc1ccc(S(=O)(=O)N2CC[C@H](NC(=O)c3cc(C4CC4)on3)C[C@H]2C)cn1. The number of rotatable bonds is 6. The molecule has 1 saturated heterocycles. The fraction of sp³-hybridized carbons (Fsp3) is 0.550. The van der Waals surface area contributed by atoms with Gasteiger partial charge in [0.25, 0.3) is 5.91 Å². The summed E-state index contributed by atoms with van der Waals surface area (Å²) in [5.74, 6) is 0.902. The van der Waals surface area contributed by atoms with Crippen molar-refractivity contribution < 1.29 is 17.7 Å². The molecule has 1 amide bonds. The normalized spacial score (nSPS) is 23.1. The molecule has 9 heteroatoms. The second kappa shape index (κ2) is 7.87. The van der Waals surface area contributed by atoms with Crippen molar-refractivity contribution in [1.82, 2.24) is 19.8 Å². The molecule has 0 radical (unpaired) electrons. The van der Waals surface area contributed by atoms with E-state index in [1.54, 1.807) is 18.2 Å². The molecule has 0 spiro atoms. The van der Waals surface area contributed by atoms with Crippen LogP contribution in [-0.2, 0) is 16.4 Å². The molecule has 156 valence electrons. The lowest BCUT2D eigenvalue weighted by atomic mass is 10.0. The molecule has 2 atom stereocenters. The number of sulfonamides is 1. The zero-order chi connectivity index (χ0) is 20.6. The van der Waals surface area contributed by atoms with E-state index in [1.165, 1.54) is 10.5 Å². The molecule has 8 nitrogen and oxygen atoms in total. The summed E-state index contributed by atoms with van der Waals surface area (Å²) >= 11 is 0. The third kappa shape index (κ3) is 4.20. The predicted octanol–water partition coefficient (Wildman–Crippen LogP) is 2.48. The topological polar surface area (TPSA) is 105 Å². The zero-order valence-corrected chi connectivity index (χ0v) is 17.5. The van der Waals surface area contributed by atoms with E-state index in [0.29, 0.717) is 25.3 Å². The van der Waals surface area contributed by atoms with Crippen LogP contribution in [0.25, 0.3) is 0 Å². The lowest BCUT2D eigenvalue weighted by Gasteiger charge is -2.36. The summed E-state index contributed by atoms with van der Waals surface area (Å²) in [6.45, 7) is 4.19. The summed E-state index contributed by atoms with van der Waals surface area (Å²) in [5, 5.41) is 6.84. The van der Waals surface area contributed by atoms with Gasteiger partial charge in [0.05, 0.1) is 0 Å². The molecular formula is C20H26N4O4S. The van der Waals surface area contributed by atoms with Crippen molar-refractivity contribution in [1.29, 1.82) is 0 Å². The molecule has 1 aliphatic heterocycles. The summed E-state index contributed by atoms with van der Waals surface area (Å²) in [4.78, 5) is 16.9. The first-order valence-electron chi connectivity index (χ1n) is 10.1. The molecule has 1 N–H and O–H groups in total. The Labute approximate surface area is 170 Å². The van der Waals surface area contributed by atoms with Gasteiger partial charge in [0.15, 0.2) is 5.69 Å². The van der Waals surface area contributed by atoms with Crippen molar-refractivity contribution in [3.05, 3.63) is 41.5 Å². The fourth-order valence-electron chi connectivity index (χ4n) is 3.76. The minimum Gasteiger partial charge on any atom is -0.360 e. The molecular weight excluding hydrogens is 392 g/mol. The average molecular weight is 419 g/mol. The Morgan fingerprint density at radius 3 is 2.72 bits per heavy atom. The van der Waals surface area contributed by atoms with Crippen LogP contribution in [0.15, 0.2) is 33.8 Å². The van der Waals surface area contributed by atoms with Crippen molar-refractivity contribution in [2.24, 2.45) is 0 Å². The van der Waals surface area contributed by atoms with E-state index in [1.807, 2.05) is 13.8 Å². The number of pyridine rings is 1. The number of nitrogens with zero attached hydrogens (tertiary/aromatic N) is 3.